The van der Waals surface area contributed by atoms with Crippen LogP contribution in [0.2, 0.25) is 0 Å². The second-order valence-corrected chi connectivity index (χ2v) is 9.09. The Labute approximate surface area is 202 Å². The van der Waals surface area contributed by atoms with Gasteiger partial charge in [0.25, 0.3) is 0 Å². The van der Waals surface area contributed by atoms with Crippen LogP contribution < -0.4 is 20.3 Å². The highest BCUT2D eigenvalue weighted by Gasteiger charge is 2.23. The summed E-state index contributed by atoms with van der Waals surface area (Å²) in [6.07, 6.45) is 2.26. The zero-order valence-electron chi connectivity index (χ0n) is 18.5. The van der Waals surface area contributed by atoms with Crippen LogP contribution in [0, 0.1) is 0 Å². The summed E-state index contributed by atoms with van der Waals surface area (Å²) in [4.78, 5) is 7.40. The van der Waals surface area contributed by atoms with Gasteiger partial charge in [0.2, 0.25) is 0 Å². The number of aliphatic imine (C=N–C) groups is 1. The van der Waals surface area contributed by atoms with Gasteiger partial charge in [0.05, 0.1) is 18.7 Å². The van der Waals surface area contributed by atoms with Crippen LogP contribution in [-0.2, 0) is 5.41 Å². The molecule has 0 radical (unpaired) electrons. The molecular weight excluding hydrogens is 507 g/mol. The van der Waals surface area contributed by atoms with Crippen LogP contribution in [0.4, 0.5) is 5.00 Å². The summed E-state index contributed by atoms with van der Waals surface area (Å²) in [7, 11) is 1.70. The fourth-order valence-corrected chi connectivity index (χ4v) is 4.40. The molecule has 0 spiro atoms. The second kappa shape index (κ2) is 11.8. The lowest BCUT2D eigenvalue weighted by Crippen LogP contribution is -2.49. The number of ether oxygens (including phenoxy) is 1. The van der Waals surface area contributed by atoms with Gasteiger partial charge in [0.1, 0.15) is 5.75 Å². The van der Waals surface area contributed by atoms with Crippen molar-refractivity contribution in [3.05, 3.63) is 47.3 Å². The number of benzene rings is 1. The van der Waals surface area contributed by atoms with Gasteiger partial charge in [-0.3, -0.25) is 4.99 Å². The van der Waals surface area contributed by atoms with Gasteiger partial charge in [-0.25, -0.2) is 0 Å². The van der Waals surface area contributed by atoms with Gasteiger partial charge in [0.15, 0.2) is 5.96 Å². The van der Waals surface area contributed by atoms with Crippen molar-refractivity contribution in [1.29, 1.82) is 0 Å². The number of nitrogens with zero attached hydrogens (tertiary/aromatic N) is 2. The van der Waals surface area contributed by atoms with Gasteiger partial charge >= 0.3 is 0 Å². The molecule has 0 amide bonds. The van der Waals surface area contributed by atoms with Crippen molar-refractivity contribution >= 4 is 46.3 Å². The molecule has 1 aliphatic rings. The molecule has 1 aliphatic heterocycles. The van der Waals surface area contributed by atoms with E-state index in [0.29, 0.717) is 6.04 Å². The van der Waals surface area contributed by atoms with Crippen LogP contribution in [0.5, 0.6) is 5.75 Å². The van der Waals surface area contributed by atoms with Crippen LogP contribution in [0.1, 0.15) is 39.2 Å². The number of guanidine groups is 1. The normalized spacial score (nSPS) is 15.5. The summed E-state index contributed by atoms with van der Waals surface area (Å²) in [6, 6.07) is 13.1. The molecular formula is C23H35IN4OS. The Balaban J connectivity index is 0.00000320. The topological polar surface area (TPSA) is 48.9 Å². The molecule has 3 rings (SSSR count). The van der Waals surface area contributed by atoms with E-state index in [1.165, 1.54) is 10.6 Å². The number of rotatable bonds is 7. The molecule has 0 bridgehead atoms. The maximum absolute atomic E-state index is 5.28. The van der Waals surface area contributed by atoms with Gasteiger partial charge in [-0.15, -0.1) is 35.3 Å². The maximum Gasteiger partial charge on any atom is 0.191 e. The highest BCUT2D eigenvalue weighted by Crippen LogP contribution is 2.26. The lowest BCUT2D eigenvalue weighted by molar-refractivity contribution is 0.414. The fraction of sp³-hybridized carbons (Fsp3) is 0.522. The third kappa shape index (κ3) is 6.77. The van der Waals surface area contributed by atoms with Crippen LogP contribution in [0.25, 0.3) is 0 Å². The molecule has 0 saturated carbocycles. The van der Waals surface area contributed by atoms with E-state index >= 15 is 0 Å². The lowest BCUT2D eigenvalue weighted by atomic mass is 9.85. The van der Waals surface area contributed by atoms with E-state index < -0.39 is 0 Å². The molecule has 2 aromatic rings. The average molecular weight is 543 g/mol. The van der Waals surface area contributed by atoms with E-state index in [0.717, 1.165) is 50.7 Å². The zero-order valence-corrected chi connectivity index (χ0v) is 21.6. The molecule has 1 fully saturated rings. The minimum atomic E-state index is -0.0445. The Morgan fingerprint density at radius 2 is 1.90 bits per heavy atom. The van der Waals surface area contributed by atoms with Crippen molar-refractivity contribution in [2.75, 3.05) is 38.2 Å². The van der Waals surface area contributed by atoms with Gasteiger partial charge in [-0.2, -0.15) is 0 Å². The van der Waals surface area contributed by atoms with E-state index in [1.807, 2.05) is 23.5 Å². The Hall–Kier alpha value is -1.48. The van der Waals surface area contributed by atoms with Crippen molar-refractivity contribution in [2.45, 2.75) is 45.1 Å². The molecule has 1 aromatic heterocycles. The quantitative estimate of drug-likeness (QED) is 0.298. The number of nitrogens with one attached hydrogen (secondary N) is 2. The summed E-state index contributed by atoms with van der Waals surface area (Å²) in [5, 5.41) is 10.6. The molecule has 30 heavy (non-hydrogen) atoms. The highest BCUT2D eigenvalue weighted by molar-refractivity contribution is 14.0. The van der Waals surface area contributed by atoms with Gasteiger partial charge in [0, 0.05) is 31.1 Å². The van der Waals surface area contributed by atoms with Crippen molar-refractivity contribution in [3.8, 4) is 5.75 Å². The summed E-state index contributed by atoms with van der Waals surface area (Å²) in [5.74, 6) is 1.81. The number of halogens is 1. The number of anilines is 1. The largest absolute Gasteiger partial charge is 0.497 e. The molecule has 166 valence electrons. The lowest BCUT2D eigenvalue weighted by Gasteiger charge is -2.34. The molecule has 1 saturated heterocycles. The van der Waals surface area contributed by atoms with Crippen LogP contribution in [0.3, 0.4) is 0 Å². The Morgan fingerprint density at radius 3 is 2.47 bits per heavy atom. The molecule has 2 heterocycles. The smallest absolute Gasteiger partial charge is 0.191 e. The Morgan fingerprint density at radius 1 is 1.20 bits per heavy atom. The average Bonchev–Trinajstić information content (AvgIpc) is 3.28. The van der Waals surface area contributed by atoms with Gasteiger partial charge < -0.3 is 20.3 Å². The third-order valence-corrected chi connectivity index (χ3v) is 6.43. The number of hydrogen-bond donors (Lipinski definition) is 2. The summed E-state index contributed by atoms with van der Waals surface area (Å²) in [5.41, 5.74) is 1.22. The summed E-state index contributed by atoms with van der Waals surface area (Å²) < 4.78 is 5.28. The second-order valence-electron chi connectivity index (χ2n) is 8.16. The van der Waals surface area contributed by atoms with E-state index in [1.54, 1.807) is 7.11 Å². The van der Waals surface area contributed by atoms with Gasteiger partial charge in [-0.1, -0.05) is 26.0 Å². The minimum Gasteiger partial charge on any atom is -0.497 e. The third-order valence-electron chi connectivity index (χ3n) is 5.50. The van der Waals surface area contributed by atoms with Gasteiger partial charge in [-0.05, 0) is 55.0 Å². The predicted octanol–water partition coefficient (Wildman–Crippen LogP) is 4.88. The SMILES string of the molecule is CCNC(=NCC(C)(C)c1ccc(OC)cc1)NC1CCN(c2cccs2)CC1.I. The maximum atomic E-state index is 5.28. The summed E-state index contributed by atoms with van der Waals surface area (Å²) >= 11 is 1.83. The summed E-state index contributed by atoms with van der Waals surface area (Å²) in [6.45, 7) is 10.4. The number of piperidine rings is 1. The monoisotopic (exact) mass is 542 g/mol. The van der Waals surface area contributed by atoms with Crippen molar-refractivity contribution in [3.63, 3.8) is 0 Å². The molecule has 2 N–H and O–H groups in total. The number of hydrogen-bond acceptors (Lipinski definition) is 4. The Bertz CT molecular complexity index is 769. The van der Waals surface area contributed by atoms with Crippen LogP contribution in [0.15, 0.2) is 46.8 Å². The van der Waals surface area contributed by atoms with Crippen molar-refractivity contribution in [1.82, 2.24) is 10.6 Å². The molecule has 7 heteroatoms. The van der Waals surface area contributed by atoms with E-state index in [4.69, 9.17) is 9.73 Å². The van der Waals surface area contributed by atoms with Crippen molar-refractivity contribution in [2.24, 2.45) is 4.99 Å². The zero-order chi connectivity index (χ0) is 20.7. The van der Waals surface area contributed by atoms with E-state index in [9.17, 15) is 0 Å². The standard InChI is InChI=1S/C23H34N4OS.HI/c1-5-24-22(25-17-23(2,3)18-8-10-20(28-4)11-9-18)26-19-12-14-27(15-13-19)21-7-6-16-29-21;/h6-11,16,19H,5,12-15,17H2,1-4H3,(H2,24,25,26);1H. The van der Waals surface area contributed by atoms with Crippen LogP contribution in [-0.4, -0.2) is 45.3 Å². The first-order valence-corrected chi connectivity index (χ1v) is 11.4. The first-order chi connectivity index (χ1) is 14.0. The van der Waals surface area contributed by atoms with Crippen LogP contribution >= 0.6 is 35.3 Å². The van der Waals surface area contributed by atoms with Crippen molar-refractivity contribution < 1.29 is 4.74 Å². The highest BCUT2D eigenvalue weighted by atomic mass is 127. The van der Waals surface area contributed by atoms with E-state index in [2.05, 4.69) is 66.0 Å². The first kappa shape index (κ1) is 24.8. The minimum absolute atomic E-state index is 0. The molecule has 5 nitrogen and oxygen atoms in total. The fourth-order valence-electron chi connectivity index (χ4n) is 3.62. The Kier molecular flexibility index (Phi) is 9.74. The molecule has 0 aliphatic carbocycles. The molecule has 0 atom stereocenters. The number of thiophene rings is 1. The number of methoxy groups -OCH3 is 1. The first-order valence-electron chi connectivity index (χ1n) is 10.5. The molecule has 1 aromatic carbocycles. The van der Waals surface area contributed by atoms with E-state index in [-0.39, 0.29) is 29.4 Å². The molecule has 0 unspecified atom stereocenters. The predicted molar refractivity (Wildman–Crippen MR) is 140 cm³/mol.